The van der Waals surface area contributed by atoms with Crippen LogP contribution in [-0.4, -0.2) is 73.4 Å². The molecule has 1 aromatic carbocycles. The maximum absolute atomic E-state index is 13.3. The number of anilines is 1. The first-order valence-electron chi connectivity index (χ1n) is 14.1. The summed E-state index contributed by atoms with van der Waals surface area (Å²) >= 11 is 6.20. The van der Waals surface area contributed by atoms with E-state index in [2.05, 4.69) is 31.9 Å². The first kappa shape index (κ1) is 29.5. The van der Waals surface area contributed by atoms with Gasteiger partial charge in [0.1, 0.15) is 18.0 Å². The molecule has 3 aromatic heterocycles. The van der Waals surface area contributed by atoms with Crippen LogP contribution in [-0.2, 0) is 11.3 Å². The molecule has 2 fully saturated rings. The fourth-order valence-corrected chi connectivity index (χ4v) is 5.41. The van der Waals surface area contributed by atoms with Crippen LogP contribution < -0.4 is 15.4 Å². The fourth-order valence-electron chi connectivity index (χ4n) is 5.24. The number of nitrogens with zero attached hydrogens (tertiary/aromatic N) is 7. The number of fused-ring (bicyclic) bond motifs is 1. The van der Waals surface area contributed by atoms with Gasteiger partial charge in [0, 0.05) is 48.7 Å². The molecule has 12 nitrogen and oxygen atoms in total. The van der Waals surface area contributed by atoms with Gasteiger partial charge in [0.2, 0.25) is 5.91 Å². The zero-order valence-electron chi connectivity index (χ0n) is 23.4. The predicted octanol–water partition coefficient (Wildman–Crippen LogP) is 3.98. The summed E-state index contributed by atoms with van der Waals surface area (Å²) in [6, 6.07) is 10.1. The molecule has 2 aliphatic rings. The van der Waals surface area contributed by atoms with Crippen molar-refractivity contribution in [3.63, 3.8) is 0 Å². The lowest BCUT2D eigenvalue weighted by atomic mass is 10.0. The van der Waals surface area contributed by atoms with Crippen LogP contribution in [0, 0.1) is 16.7 Å². The first-order chi connectivity index (χ1) is 21.2. The number of likely N-dealkylation sites (tertiary alicyclic amines) is 1. The lowest BCUT2D eigenvalue weighted by molar-refractivity contribution is -0.133. The SMILES string of the molecule is N#CC1(CNC2CCN(C(=O)Cn3cc(NC(=O)c4cnc5cccnn45)c(-c4cc(Cl)ccc4OC(F)F)n3)CC2)CC1. The second-order valence-corrected chi connectivity index (χ2v) is 11.4. The third kappa shape index (κ3) is 6.34. The number of benzene rings is 1. The quantitative estimate of drug-likeness (QED) is 0.270. The highest BCUT2D eigenvalue weighted by Gasteiger charge is 2.43. The normalized spacial score (nSPS) is 16.2. The van der Waals surface area contributed by atoms with Gasteiger partial charge in [-0.1, -0.05) is 11.6 Å². The van der Waals surface area contributed by atoms with E-state index in [1.54, 1.807) is 17.0 Å². The van der Waals surface area contributed by atoms with Crippen LogP contribution in [0.1, 0.15) is 36.2 Å². The summed E-state index contributed by atoms with van der Waals surface area (Å²) in [7, 11) is 0. The molecular weight excluding hydrogens is 596 g/mol. The Kier molecular flexibility index (Phi) is 8.15. The number of amides is 2. The zero-order valence-corrected chi connectivity index (χ0v) is 24.2. The summed E-state index contributed by atoms with van der Waals surface area (Å²) < 4.78 is 33.9. The molecule has 0 bridgehead atoms. The number of carbonyl (C=O) groups is 2. The molecule has 6 rings (SSSR count). The van der Waals surface area contributed by atoms with Crippen molar-refractivity contribution in [3.05, 3.63) is 59.6 Å². The van der Waals surface area contributed by atoms with Crippen molar-refractivity contribution in [3.8, 4) is 23.1 Å². The number of ether oxygens (including phenoxy) is 1. The molecule has 1 aliphatic carbocycles. The number of nitriles is 1. The Hall–Kier alpha value is -4.61. The highest BCUT2D eigenvalue weighted by Crippen LogP contribution is 2.44. The zero-order chi connectivity index (χ0) is 30.8. The van der Waals surface area contributed by atoms with E-state index in [0.717, 1.165) is 25.7 Å². The Morgan fingerprint density at radius 2 is 2.02 bits per heavy atom. The van der Waals surface area contributed by atoms with E-state index in [-0.39, 0.29) is 57.3 Å². The van der Waals surface area contributed by atoms with Crippen LogP contribution >= 0.6 is 11.6 Å². The number of carbonyl (C=O) groups excluding carboxylic acids is 2. The van der Waals surface area contributed by atoms with E-state index in [1.807, 2.05) is 0 Å². The smallest absolute Gasteiger partial charge is 0.387 e. The predicted molar refractivity (Wildman–Crippen MR) is 155 cm³/mol. The first-order valence-corrected chi connectivity index (χ1v) is 14.5. The van der Waals surface area contributed by atoms with Crippen molar-refractivity contribution in [2.45, 2.75) is 44.9 Å². The van der Waals surface area contributed by atoms with Gasteiger partial charge in [-0.15, -0.1) is 0 Å². The number of hydrogen-bond donors (Lipinski definition) is 2. The van der Waals surface area contributed by atoms with Gasteiger partial charge in [-0.3, -0.25) is 14.3 Å². The Morgan fingerprint density at radius 1 is 1.23 bits per heavy atom. The Bertz CT molecular complexity index is 1740. The van der Waals surface area contributed by atoms with E-state index in [1.165, 1.54) is 46.0 Å². The lowest BCUT2D eigenvalue weighted by Crippen LogP contribution is -2.46. The molecule has 0 radical (unpaired) electrons. The van der Waals surface area contributed by atoms with E-state index >= 15 is 0 Å². The number of imidazole rings is 1. The van der Waals surface area contributed by atoms with Crippen molar-refractivity contribution < 1.29 is 23.1 Å². The van der Waals surface area contributed by atoms with Gasteiger partial charge in [0.15, 0.2) is 11.3 Å². The molecule has 2 N–H and O–H groups in total. The molecular formula is C29H28ClF2N9O3. The number of hydrogen-bond acceptors (Lipinski definition) is 8. The van der Waals surface area contributed by atoms with E-state index in [0.29, 0.717) is 25.3 Å². The topological polar surface area (TPSA) is 142 Å². The summed E-state index contributed by atoms with van der Waals surface area (Å²) in [6.07, 6.45) is 7.67. The summed E-state index contributed by atoms with van der Waals surface area (Å²) in [5.41, 5.74) is 0.684. The van der Waals surface area contributed by atoms with E-state index in [9.17, 15) is 23.6 Å². The Balaban J connectivity index is 1.22. The molecule has 15 heteroatoms. The highest BCUT2D eigenvalue weighted by atomic mass is 35.5. The molecule has 1 saturated carbocycles. The molecule has 228 valence electrons. The van der Waals surface area contributed by atoms with Crippen LogP contribution in [0.15, 0.2) is 48.9 Å². The van der Waals surface area contributed by atoms with Gasteiger partial charge < -0.3 is 20.3 Å². The molecule has 1 saturated heterocycles. The van der Waals surface area contributed by atoms with Crippen LogP contribution in [0.2, 0.25) is 5.02 Å². The van der Waals surface area contributed by atoms with Gasteiger partial charge in [-0.25, -0.2) is 9.50 Å². The van der Waals surface area contributed by atoms with Crippen LogP contribution in [0.3, 0.4) is 0 Å². The molecule has 4 aromatic rings. The van der Waals surface area contributed by atoms with Crippen molar-refractivity contribution in [2.24, 2.45) is 5.41 Å². The number of rotatable bonds is 10. The third-order valence-electron chi connectivity index (χ3n) is 7.90. The molecule has 4 heterocycles. The number of alkyl halides is 2. The van der Waals surface area contributed by atoms with Crippen LogP contribution in [0.4, 0.5) is 14.5 Å². The minimum Gasteiger partial charge on any atom is -0.434 e. The minimum absolute atomic E-state index is 0.0838. The average Bonchev–Trinajstić information content (AvgIpc) is 3.50. The minimum atomic E-state index is -3.12. The second kappa shape index (κ2) is 12.2. The van der Waals surface area contributed by atoms with Gasteiger partial charge in [0.05, 0.1) is 23.4 Å². The van der Waals surface area contributed by atoms with Gasteiger partial charge in [-0.2, -0.15) is 24.2 Å². The van der Waals surface area contributed by atoms with Crippen molar-refractivity contribution in [2.75, 3.05) is 25.0 Å². The maximum atomic E-state index is 13.3. The van der Waals surface area contributed by atoms with Gasteiger partial charge in [0.25, 0.3) is 5.91 Å². The van der Waals surface area contributed by atoms with E-state index in [4.69, 9.17) is 16.3 Å². The number of halogens is 3. The van der Waals surface area contributed by atoms with E-state index < -0.39 is 12.5 Å². The highest BCUT2D eigenvalue weighted by molar-refractivity contribution is 6.31. The van der Waals surface area contributed by atoms with Crippen LogP contribution in [0.25, 0.3) is 16.9 Å². The average molecular weight is 624 g/mol. The Morgan fingerprint density at radius 3 is 2.75 bits per heavy atom. The summed E-state index contributed by atoms with van der Waals surface area (Å²) in [4.78, 5) is 32.5. The molecule has 2 amide bonds. The number of piperidine rings is 1. The van der Waals surface area contributed by atoms with Gasteiger partial charge >= 0.3 is 6.61 Å². The lowest BCUT2D eigenvalue weighted by Gasteiger charge is -2.33. The summed E-state index contributed by atoms with van der Waals surface area (Å²) in [5, 5.41) is 24.4. The maximum Gasteiger partial charge on any atom is 0.387 e. The van der Waals surface area contributed by atoms with Crippen molar-refractivity contribution in [1.82, 2.24) is 34.6 Å². The van der Waals surface area contributed by atoms with Crippen molar-refractivity contribution >= 4 is 34.7 Å². The number of nitrogens with one attached hydrogen (secondary N) is 2. The van der Waals surface area contributed by atoms with Gasteiger partial charge in [-0.05, 0) is 56.0 Å². The number of aromatic nitrogens is 5. The second-order valence-electron chi connectivity index (χ2n) is 10.9. The molecule has 0 spiro atoms. The molecule has 0 atom stereocenters. The molecule has 44 heavy (non-hydrogen) atoms. The monoisotopic (exact) mass is 623 g/mol. The molecule has 0 unspecified atom stereocenters. The third-order valence-corrected chi connectivity index (χ3v) is 8.13. The standard InChI is InChI=1S/C29H28ClF2N9O3/c30-18-3-4-23(44-28(31)32)20(12-18)26-21(37-27(43)22-13-34-24-2-1-9-36-41(22)24)14-40(38-26)15-25(42)39-10-5-19(6-11-39)35-17-29(16-33)7-8-29/h1-4,9,12-14,19,28,35H,5-8,10-11,15,17H2,(H,37,43). The largest absolute Gasteiger partial charge is 0.434 e. The summed E-state index contributed by atoms with van der Waals surface area (Å²) in [5.74, 6) is -0.972. The molecule has 1 aliphatic heterocycles. The fraction of sp³-hybridized carbons (Fsp3) is 0.379. The van der Waals surface area contributed by atoms with Crippen LogP contribution in [0.5, 0.6) is 5.75 Å². The van der Waals surface area contributed by atoms with Crippen molar-refractivity contribution in [1.29, 1.82) is 5.26 Å². The summed E-state index contributed by atoms with van der Waals surface area (Å²) in [6.45, 7) is -1.53. The Labute approximate surface area is 255 Å².